The minimum Gasteiger partial charge on any atom is -0.477 e. The minimum absolute atomic E-state index is 0.0912. The molecule has 0 aliphatic carbocycles. The third-order valence-corrected chi connectivity index (χ3v) is 3.08. The SMILES string of the molecule is Cc1cc(C)c(C(=O)O)c(Oc2ccc(Br)cc2)n1. The minimum atomic E-state index is -1.04. The van der Waals surface area contributed by atoms with Gasteiger partial charge in [0, 0.05) is 10.2 Å². The molecule has 4 nitrogen and oxygen atoms in total. The van der Waals surface area contributed by atoms with Crippen molar-refractivity contribution in [1.82, 2.24) is 4.98 Å². The third-order valence-electron chi connectivity index (χ3n) is 2.55. The second-order valence-corrected chi connectivity index (χ2v) is 5.04. The number of carboxylic acids is 1. The molecule has 2 rings (SSSR count). The van der Waals surface area contributed by atoms with Gasteiger partial charge in [-0.15, -0.1) is 0 Å². The molecule has 0 unspecified atom stereocenters. The van der Waals surface area contributed by atoms with Gasteiger partial charge in [0.05, 0.1) is 0 Å². The van der Waals surface area contributed by atoms with Crippen molar-refractivity contribution in [3.8, 4) is 11.6 Å². The molecule has 0 spiro atoms. The first-order chi connectivity index (χ1) is 8.97. The van der Waals surface area contributed by atoms with Crippen LogP contribution in [-0.2, 0) is 0 Å². The fourth-order valence-electron chi connectivity index (χ4n) is 1.75. The van der Waals surface area contributed by atoms with E-state index in [2.05, 4.69) is 20.9 Å². The molecule has 5 heteroatoms. The molecule has 0 aliphatic heterocycles. The van der Waals surface area contributed by atoms with E-state index in [0.29, 0.717) is 11.3 Å². The first-order valence-electron chi connectivity index (χ1n) is 5.62. The highest BCUT2D eigenvalue weighted by atomic mass is 79.9. The quantitative estimate of drug-likeness (QED) is 0.929. The Morgan fingerprint density at radius 1 is 1.26 bits per heavy atom. The first kappa shape index (κ1) is 13.5. The van der Waals surface area contributed by atoms with Crippen molar-refractivity contribution in [2.45, 2.75) is 13.8 Å². The summed E-state index contributed by atoms with van der Waals surface area (Å²) in [6.07, 6.45) is 0. The Balaban J connectivity index is 2.44. The highest BCUT2D eigenvalue weighted by Crippen LogP contribution is 2.27. The summed E-state index contributed by atoms with van der Waals surface area (Å²) in [6, 6.07) is 8.85. The second kappa shape index (κ2) is 5.40. The number of rotatable bonds is 3. The van der Waals surface area contributed by atoms with E-state index in [9.17, 15) is 9.90 Å². The summed E-state index contributed by atoms with van der Waals surface area (Å²) in [4.78, 5) is 15.4. The van der Waals surface area contributed by atoms with E-state index in [1.165, 1.54) is 0 Å². The number of aryl methyl sites for hydroxylation is 2. The van der Waals surface area contributed by atoms with E-state index in [-0.39, 0.29) is 11.4 Å². The molecule has 0 radical (unpaired) electrons. The van der Waals surface area contributed by atoms with Crippen molar-refractivity contribution >= 4 is 21.9 Å². The van der Waals surface area contributed by atoms with Gasteiger partial charge in [-0.3, -0.25) is 0 Å². The number of aromatic carboxylic acids is 1. The average Bonchev–Trinajstić information content (AvgIpc) is 2.30. The molecule has 0 fully saturated rings. The zero-order chi connectivity index (χ0) is 14.0. The Kier molecular flexibility index (Phi) is 3.85. The second-order valence-electron chi connectivity index (χ2n) is 4.12. The van der Waals surface area contributed by atoms with E-state index in [0.717, 1.165) is 10.2 Å². The van der Waals surface area contributed by atoms with Crippen LogP contribution in [0.2, 0.25) is 0 Å². The van der Waals surface area contributed by atoms with Gasteiger partial charge in [0.1, 0.15) is 11.3 Å². The van der Waals surface area contributed by atoms with Crippen molar-refractivity contribution in [3.63, 3.8) is 0 Å². The molecule has 0 saturated carbocycles. The van der Waals surface area contributed by atoms with Gasteiger partial charge in [0.15, 0.2) is 0 Å². The molecule has 1 heterocycles. The lowest BCUT2D eigenvalue weighted by atomic mass is 10.1. The Bertz CT molecular complexity index is 623. The number of hydrogen-bond donors (Lipinski definition) is 1. The van der Waals surface area contributed by atoms with Gasteiger partial charge in [-0.05, 0) is 49.7 Å². The molecule has 0 saturated heterocycles. The standard InChI is InChI=1S/C14H12BrNO3/c1-8-7-9(2)16-13(12(8)14(17)18)19-11-5-3-10(15)4-6-11/h3-7H,1-2H3,(H,17,18). The highest BCUT2D eigenvalue weighted by Gasteiger charge is 2.17. The number of hydrogen-bond acceptors (Lipinski definition) is 3. The van der Waals surface area contributed by atoms with Crippen LogP contribution in [0.25, 0.3) is 0 Å². The van der Waals surface area contributed by atoms with Crippen LogP contribution in [-0.4, -0.2) is 16.1 Å². The molecule has 0 bridgehead atoms. The van der Waals surface area contributed by atoms with Crippen LogP contribution in [0, 0.1) is 13.8 Å². The number of benzene rings is 1. The summed E-state index contributed by atoms with van der Waals surface area (Å²) >= 11 is 3.33. The molecule has 19 heavy (non-hydrogen) atoms. The molecule has 2 aromatic rings. The summed E-state index contributed by atoms with van der Waals surface area (Å²) in [5, 5.41) is 9.23. The van der Waals surface area contributed by atoms with Gasteiger partial charge in [0.2, 0.25) is 5.88 Å². The molecule has 0 aliphatic rings. The van der Waals surface area contributed by atoms with E-state index in [1.807, 2.05) is 12.1 Å². The summed E-state index contributed by atoms with van der Waals surface area (Å²) in [7, 11) is 0. The molecule has 1 aromatic heterocycles. The number of ether oxygens (including phenoxy) is 1. The number of pyridine rings is 1. The van der Waals surface area contributed by atoms with Crippen LogP contribution in [0.1, 0.15) is 21.6 Å². The Labute approximate surface area is 119 Å². The van der Waals surface area contributed by atoms with Gasteiger partial charge < -0.3 is 9.84 Å². The van der Waals surface area contributed by atoms with Crippen LogP contribution in [0.4, 0.5) is 0 Å². The van der Waals surface area contributed by atoms with Crippen LogP contribution in [0.3, 0.4) is 0 Å². The molecule has 0 amide bonds. The van der Waals surface area contributed by atoms with Gasteiger partial charge in [-0.1, -0.05) is 15.9 Å². The Morgan fingerprint density at radius 2 is 1.89 bits per heavy atom. The fourth-order valence-corrected chi connectivity index (χ4v) is 2.02. The lowest BCUT2D eigenvalue weighted by molar-refractivity contribution is 0.0692. The number of halogens is 1. The van der Waals surface area contributed by atoms with Gasteiger partial charge in [0.25, 0.3) is 0 Å². The van der Waals surface area contributed by atoms with Crippen molar-refractivity contribution in [2.75, 3.05) is 0 Å². The highest BCUT2D eigenvalue weighted by molar-refractivity contribution is 9.10. The van der Waals surface area contributed by atoms with E-state index in [4.69, 9.17) is 4.74 Å². The maximum absolute atomic E-state index is 11.3. The van der Waals surface area contributed by atoms with E-state index in [1.54, 1.807) is 32.0 Å². The molecule has 98 valence electrons. The zero-order valence-corrected chi connectivity index (χ0v) is 12.1. The van der Waals surface area contributed by atoms with Crippen LogP contribution < -0.4 is 4.74 Å². The number of nitrogens with zero attached hydrogens (tertiary/aromatic N) is 1. The lowest BCUT2D eigenvalue weighted by Crippen LogP contribution is -2.06. The van der Waals surface area contributed by atoms with Gasteiger partial charge in [-0.2, -0.15) is 0 Å². The van der Waals surface area contributed by atoms with E-state index < -0.39 is 5.97 Å². The normalized spacial score (nSPS) is 10.3. The maximum atomic E-state index is 11.3. The van der Waals surface area contributed by atoms with Crippen molar-refractivity contribution < 1.29 is 14.6 Å². The Hall–Kier alpha value is -1.88. The average molecular weight is 322 g/mol. The van der Waals surface area contributed by atoms with Crippen molar-refractivity contribution in [2.24, 2.45) is 0 Å². The Morgan fingerprint density at radius 3 is 2.47 bits per heavy atom. The molecular formula is C14H12BrNO3. The summed E-state index contributed by atoms with van der Waals surface area (Å²) in [6.45, 7) is 3.53. The van der Waals surface area contributed by atoms with Gasteiger partial charge >= 0.3 is 5.97 Å². The van der Waals surface area contributed by atoms with Crippen LogP contribution >= 0.6 is 15.9 Å². The summed E-state index contributed by atoms with van der Waals surface area (Å²) < 4.78 is 6.50. The fraction of sp³-hybridized carbons (Fsp3) is 0.143. The monoisotopic (exact) mass is 321 g/mol. The number of aromatic nitrogens is 1. The molecular weight excluding hydrogens is 310 g/mol. The van der Waals surface area contributed by atoms with E-state index >= 15 is 0 Å². The topological polar surface area (TPSA) is 59.4 Å². The van der Waals surface area contributed by atoms with Crippen molar-refractivity contribution in [3.05, 3.63) is 51.6 Å². The first-order valence-corrected chi connectivity index (χ1v) is 6.41. The largest absolute Gasteiger partial charge is 0.477 e. The van der Waals surface area contributed by atoms with Crippen molar-refractivity contribution in [1.29, 1.82) is 0 Å². The predicted molar refractivity (Wildman–Crippen MR) is 74.9 cm³/mol. The summed E-state index contributed by atoms with van der Waals surface area (Å²) in [5.74, 6) is -0.382. The van der Waals surface area contributed by atoms with Gasteiger partial charge in [-0.25, -0.2) is 9.78 Å². The zero-order valence-electron chi connectivity index (χ0n) is 10.5. The molecule has 1 N–H and O–H groups in total. The number of carbonyl (C=O) groups is 1. The summed E-state index contributed by atoms with van der Waals surface area (Å²) in [5.41, 5.74) is 1.44. The molecule has 1 aromatic carbocycles. The third kappa shape index (κ3) is 3.12. The van der Waals surface area contributed by atoms with Crippen LogP contribution in [0.15, 0.2) is 34.8 Å². The lowest BCUT2D eigenvalue weighted by Gasteiger charge is -2.10. The predicted octanol–water partition coefficient (Wildman–Crippen LogP) is 3.95. The smallest absolute Gasteiger partial charge is 0.341 e. The van der Waals surface area contributed by atoms with Crippen LogP contribution in [0.5, 0.6) is 11.6 Å². The maximum Gasteiger partial charge on any atom is 0.341 e. The number of carboxylic acid groups (broad SMARTS) is 1. The molecule has 0 atom stereocenters.